The number of carboxylic acid groups (broad SMARTS) is 1. The molecule has 1 aliphatic carbocycles. The molecular formula is C25H21NO3. The van der Waals surface area contributed by atoms with E-state index in [1.807, 2.05) is 30.3 Å². The number of rotatable bonds is 4. The fourth-order valence-electron chi connectivity index (χ4n) is 3.84. The maximum Gasteiger partial charge on any atom is 0.335 e. The lowest BCUT2D eigenvalue weighted by atomic mass is 9.78. The lowest BCUT2D eigenvalue weighted by Gasteiger charge is -2.25. The molecule has 1 aliphatic rings. The molecule has 0 radical (unpaired) electrons. The Bertz CT molecular complexity index is 1130. The van der Waals surface area contributed by atoms with E-state index in [2.05, 4.69) is 43.4 Å². The van der Waals surface area contributed by atoms with Crippen LogP contribution >= 0.6 is 0 Å². The van der Waals surface area contributed by atoms with Gasteiger partial charge in [0.2, 0.25) is 0 Å². The minimum atomic E-state index is -1.01. The molecule has 0 heterocycles. The fraction of sp³-hybridized carbons (Fsp3) is 0.120. The standard InChI is InChI=1S/C25H21NO3/c1-25(2)21-13-12-20(14-19(21)15-22(25)16-6-4-3-5-7-16)26-23(27)17-8-10-18(11-9-17)24(28)29/h3-15H,1-2H3,(H,26,27)(H,28,29). The van der Waals surface area contributed by atoms with E-state index < -0.39 is 5.97 Å². The number of hydrogen-bond acceptors (Lipinski definition) is 2. The molecule has 0 aliphatic heterocycles. The number of benzene rings is 3. The molecule has 0 unspecified atom stereocenters. The van der Waals surface area contributed by atoms with Crippen molar-refractivity contribution in [2.45, 2.75) is 19.3 Å². The van der Waals surface area contributed by atoms with Gasteiger partial charge in [0, 0.05) is 16.7 Å². The van der Waals surface area contributed by atoms with E-state index in [0.717, 1.165) is 5.56 Å². The number of carbonyl (C=O) groups excluding carboxylic acids is 1. The van der Waals surface area contributed by atoms with Crippen LogP contribution in [0.25, 0.3) is 11.6 Å². The Morgan fingerprint density at radius 1 is 0.862 bits per heavy atom. The number of carbonyl (C=O) groups is 2. The lowest BCUT2D eigenvalue weighted by molar-refractivity contribution is 0.0696. The predicted molar refractivity (Wildman–Crippen MR) is 115 cm³/mol. The molecule has 4 heteroatoms. The summed E-state index contributed by atoms with van der Waals surface area (Å²) in [5.41, 5.74) is 5.91. The van der Waals surface area contributed by atoms with Gasteiger partial charge in [-0.15, -0.1) is 0 Å². The van der Waals surface area contributed by atoms with E-state index in [9.17, 15) is 9.59 Å². The molecule has 1 amide bonds. The average Bonchev–Trinajstić information content (AvgIpc) is 2.99. The minimum absolute atomic E-state index is 0.119. The van der Waals surface area contributed by atoms with Crippen LogP contribution in [0.4, 0.5) is 5.69 Å². The molecule has 4 rings (SSSR count). The van der Waals surface area contributed by atoms with E-state index >= 15 is 0 Å². The summed E-state index contributed by atoms with van der Waals surface area (Å²) in [6, 6.07) is 22.2. The van der Waals surface area contributed by atoms with Crippen molar-refractivity contribution in [2.75, 3.05) is 5.32 Å². The zero-order valence-electron chi connectivity index (χ0n) is 16.3. The number of anilines is 1. The monoisotopic (exact) mass is 383 g/mol. The summed E-state index contributed by atoms with van der Waals surface area (Å²) in [5.74, 6) is -1.29. The van der Waals surface area contributed by atoms with E-state index in [1.165, 1.54) is 41.0 Å². The summed E-state index contributed by atoms with van der Waals surface area (Å²) in [6.45, 7) is 4.42. The minimum Gasteiger partial charge on any atom is -0.478 e. The third-order valence-corrected chi connectivity index (χ3v) is 5.43. The van der Waals surface area contributed by atoms with Gasteiger partial charge in [0.25, 0.3) is 5.91 Å². The van der Waals surface area contributed by atoms with Crippen LogP contribution in [0.1, 0.15) is 51.3 Å². The Labute approximate surface area is 169 Å². The molecule has 0 fully saturated rings. The third-order valence-electron chi connectivity index (χ3n) is 5.43. The van der Waals surface area contributed by atoms with E-state index in [1.54, 1.807) is 0 Å². The summed E-state index contributed by atoms with van der Waals surface area (Å²) in [6.07, 6.45) is 2.18. The van der Waals surface area contributed by atoms with Gasteiger partial charge in [-0.2, -0.15) is 0 Å². The first-order valence-electron chi connectivity index (χ1n) is 9.43. The molecular weight excluding hydrogens is 362 g/mol. The molecule has 3 aromatic rings. The van der Waals surface area contributed by atoms with Crippen LogP contribution in [-0.2, 0) is 5.41 Å². The highest BCUT2D eigenvalue weighted by atomic mass is 16.4. The summed E-state index contributed by atoms with van der Waals surface area (Å²) in [4.78, 5) is 23.5. The van der Waals surface area contributed by atoms with Crippen LogP contribution < -0.4 is 5.32 Å². The van der Waals surface area contributed by atoms with Crippen LogP contribution in [0.3, 0.4) is 0 Å². The molecule has 0 saturated heterocycles. The maximum absolute atomic E-state index is 12.5. The van der Waals surface area contributed by atoms with Crippen molar-refractivity contribution < 1.29 is 14.7 Å². The molecule has 0 saturated carbocycles. The normalized spacial score (nSPS) is 14.1. The number of allylic oxidation sites excluding steroid dienone is 1. The van der Waals surface area contributed by atoms with Crippen LogP contribution in [0.15, 0.2) is 72.8 Å². The third kappa shape index (κ3) is 3.45. The number of nitrogens with one attached hydrogen (secondary N) is 1. The second-order valence-corrected chi connectivity index (χ2v) is 7.69. The zero-order chi connectivity index (χ0) is 20.6. The SMILES string of the molecule is CC1(C)C(c2ccccc2)=Cc2cc(NC(=O)c3ccc(C(=O)O)cc3)ccc21. The number of amides is 1. The fourth-order valence-corrected chi connectivity index (χ4v) is 3.84. The highest BCUT2D eigenvalue weighted by molar-refractivity contribution is 6.05. The summed E-state index contributed by atoms with van der Waals surface area (Å²) >= 11 is 0. The van der Waals surface area contributed by atoms with E-state index in [-0.39, 0.29) is 16.9 Å². The van der Waals surface area contributed by atoms with Crippen molar-refractivity contribution in [1.82, 2.24) is 0 Å². The second kappa shape index (κ2) is 7.06. The summed E-state index contributed by atoms with van der Waals surface area (Å²) in [5, 5.41) is 11.9. The predicted octanol–water partition coefficient (Wildman–Crippen LogP) is 5.47. The quantitative estimate of drug-likeness (QED) is 0.628. The molecule has 0 bridgehead atoms. The van der Waals surface area contributed by atoms with Gasteiger partial charge < -0.3 is 10.4 Å². The molecule has 0 atom stereocenters. The van der Waals surface area contributed by atoms with Crippen LogP contribution in [0, 0.1) is 0 Å². The Morgan fingerprint density at radius 3 is 2.17 bits per heavy atom. The van der Waals surface area contributed by atoms with Gasteiger partial charge in [0.1, 0.15) is 0 Å². The lowest BCUT2D eigenvalue weighted by Crippen LogP contribution is -2.17. The van der Waals surface area contributed by atoms with E-state index in [4.69, 9.17) is 5.11 Å². The number of carboxylic acids is 1. The van der Waals surface area contributed by atoms with Crippen molar-refractivity contribution in [2.24, 2.45) is 0 Å². The first-order chi connectivity index (χ1) is 13.9. The van der Waals surface area contributed by atoms with Crippen molar-refractivity contribution in [1.29, 1.82) is 0 Å². The summed E-state index contributed by atoms with van der Waals surface area (Å²) in [7, 11) is 0. The van der Waals surface area contributed by atoms with Crippen molar-refractivity contribution in [3.05, 3.63) is 101 Å². The molecule has 0 spiro atoms. The van der Waals surface area contributed by atoms with Crippen LogP contribution in [-0.4, -0.2) is 17.0 Å². The smallest absolute Gasteiger partial charge is 0.335 e. The van der Waals surface area contributed by atoms with E-state index in [0.29, 0.717) is 11.3 Å². The number of fused-ring (bicyclic) bond motifs is 1. The average molecular weight is 383 g/mol. The van der Waals surface area contributed by atoms with Gasteiger partial charge in [-0.05, 0) is 64.7 Å². The zero-order valence-corrected chi connectivity index (χ0v) is 16.3. The highest BCUT2D eigenvalue weighted by Crippen LogP contribution is 2.46. The molecule has 29 heavy (non-hydrogen) atoms. The Balaban J connectivity index is 1.60. The largest absolute Gasteiger partial charge is 0.478 e. The molecule has 144 valence electrons. The van der Waals surface area contributed by atoms with Crippen LogP contribution in [0.2, 0.25) is 0 Å². The van der Waals surface area contributed by atoms with Gasteiger partial charge in [0.15, 0.2) is 0 Å². The molecule has 3 aromatic carbocycles. The molecule has 0 aromatic heterocycles. The number of hydrogen-bond donors (Lipinski definition) is 2. The Hall–Kier alpha value is -3.66. The maximum atomic E-state index is 12.5. The number of aromatic carboxylic acids is 1. The van der Waals surface area contributed by atoms with Crippen molar-refractivity contribution in [3.8, 4) is 0 Å². The van der Waals surface area contributed by atoms with Gasteiger partial charge in [-0.1, -0.05) is 50.2 Å². The first-order valence-corrected chi connectivity index (χ1v) is 9.43. The van der Waals surface area contributed by atoms with Gasteiger partial charge in [0.05, 0.1) is 5.56 Å². The van der Waals surface area contributed by atoms with Gasteiger partial charge in [-0.3, -0.25) is 4.79 Å². The topological polar surface area (TPSA) is 66.4 Å². The summed E-state index contributed by atoms with van der Waals surface area (Å²) < 4.78 is 0. The second-order valence-electron chi connectivity index (χ2n) is 7.69. The molecule has 2 N–H and O–H groups in total. The van der Waals surface area contributed by atoms with Crippen molar-refractivity contribution in [3.63, 3.8) is 0 Å². The highest BCUT2D eigenvalue weighted by Gasteiger charge is 2.33. The first kappa shape index (κ1) is 18.7. The Kier molecular flexibility index (Phi) is 4.55. The van der Waals surface area contributed by atoms with Crippen molar-refractivity contribution >= 4 is 29.2 Å². The van der Waals surface area contributed by atoms with Gasteiger partial charge >= 0.3 is 5.97 Å². The molecule has 4 nitrogen and oxygen atoms in total. The van der Waals surface area contributed by atoms with Crippen LogP contribution in [0.5, 0.6) is 0 Å². The Morgan fingerprint density at radius 2 is 1.52 bits per heavy atom. The van der Waals surface area contributed by atoms with Gasteiger partial charge in [-0.25, -0.2) is 4.79 Å².